The summed E-state index contributed by atoms with van der Waals surface area (Å²) < 4.78 is 12.3. The largest absolute Gasteiger partial charge is 0.493 e. The molecule has 5 heteroatoms. The molecule has 5 nitrogen and oxygen atoms in total. The van der Waals surface area contributed by atoms with Gasteiger partial charge in [-0.2, -0.15) is 0 Å². The van der Waals surface area contributed by atoms with Crippen molar-refractivity contribution in [2.45, 2.75) is 6.54 Å². The van der Waals surface area contributed by atoms with E-state index in [2.05, 4.69) is 4.98 Å². The van der Waals surface area contributed by atoms with Gasteiger partial charge in [0.05, 0.1) is 20.8 Å². The molecule has 0 aliphatic rings. The monoisotopic (exact) mass is 233 g/mol. The zero-order valence-corrected chi connectivity index (χ0v) is 9.88. The normalized spacial score (nSPS) is 10.2. The number of methoxy groups -OCH3 is 2. The minimum atomic E-state index is 0.500. The van der Waals surface area contributed by atoms with Gasteiger partial charge in [0.15, 0.2) is 17.4 Å². The van der Waals surface area contributed by atoms with Gasteiger partial charge in [-0.1, -0.05) is 6.07 Å². The van der Waals surface area contributed by atoms with Crippen LogP contribution in [0.4, 0.5) is 5.95 Å². The fraction of sp³-hybridized carbons (Fsp3) is 0.250. The highest BCUT2D eigenvalue weighted by atomic mass is 16.5. The van der Waals surface area contributed by atoms with Crippen molar-refractivity contribution in [2.75, 3.05) is 20.0 Å². The summed E-state index contributed by atoms with van der Waals surface area (Å²) in [4.78, 5) is 3.97. The minimum absolute atomic E-state index is 0.500. The Balaban J connectivity index is 2.25. The van der Waals surface area contributed by atoms with Crippen molar-refractivity contribution < 1.29 is 9.47 Å². The van der Waals surface area contributed by atoms with Crippen LogP contribution < -0.4 is 15.2 Å². The minimum Gasteiger partial charge on any atom is -0.493 e. The lowest BCUT2D eigenvalue weighted by molar-refractivity contribution is 0.354. The zero-order valence-electron chi connectivity index (χ0n) is 9.88. The Morgan fingerprint density at radius 2 is 2.00 bits per heavy atom. The molecule has 2 rings (SSSR count). The smallest absolute Gasteiger partial charge is 0.200 e. The van der Waals surface area contributed by atoms with E-state index in [0.29, 0.717) is 18.2 Å². The highest BCUT2D eigenvalue weighted by molar-refractivity contribution is 5.43. The average Bonchev–Trinajstić information content (AvgIpc) is 2.75. The third-order valence-corrected chi connectivity index (χ3v) is 2.55. The van der Waals surface area contributed by atoms with Crippen molar-refractivity contribution in [1.82, 2.24) is 9.55 Å². The standard InChI is InChI=1S/C12H15N3O2/c1-16-10-4-3-9(7-11(10)17-2)8-15-6-5-14-12(15)13/h3-7H,8H2,1-2H3,(H2,13,14). The summed E-state index contributed by atoms with van der Waals surface area (Å²) in [5, 5.41) is 0. The molecule has 0 saturated carbocycles. The first-order chi connectivity index (χ1) is 8.24. The number of nitrogen functional groups attached to an aromatic ring is 1. The molecule has 0 fully saturated rings. The Labute approximate surface area is 99.8 Å². The Kier molecular flexibility index (Phi) is 3.18. The van der Waals surface area contributed by atoms with Gasteiger partial charge in [0.25, 0.3) is 0 Å². The van der Waals surface area contributed by atoms with E-state index in [0.717, 1.165) is 11.3 Å². The molecule has 1 heterocycles. The highest BCUT2D eigenvalue weighted by Crippen LogP contribution is 2.27. The van der Waals surface area contributed by atoms with E-state index in [1.54, 1.807) is 20.4 Å². The summed E-state index contributed by atoms with van der Waals surface area (Å²) in [5.74, 6) is 1.93. The quantitative estimate of drug-likeness (QED) is 0.870. The molecule has 0 aliphatic carbocycles. The second-order valence-corrected chi connectivity index (χ2v) is 3.60. The van der Waals surface area contributed by atoms with E-state index >= 15 is 0 Å². The van der Waals surface area contributed by atoms with E-state index in [4.69, 9.17) is 15.2 Å². The van der Waals surface area contributed by atoms with Gasteiger partial charge in [-0.25, -0.2) is 4.98 Å². The van der Waals surface area contributed by atoms with Crippen LogP contribution in [-0.4, -0.2) is 23.8 Å². The Morgan fingerprint density at radius 1 is 1.24 bits per heavy atom. The number of rotatable bonds is 4. The van der Waals surface area contributed by atoms with Gasteiger partial charge >= 0.3 is 0 Å². The third-order valence-electron chi connectivity index (χ3n) is 2.55. The second-order valence-electron chi connectivity index (χ2n) is 3.60. The van der Waals surface area contributed by atoms with Crippen molar-refractivity contribution in [3.05, 3.63) is 36.2 Å². The third kappa shape index (κ3) is 2.33. The van der Waals surface area contributed by atoms with Crippen LogP contribution in [0, 0.1) is 0 Å². The summed E-state index contributed by atoms with van der Waals surface area (Å²) in [7, 11) is 3.23. The van der Waals surface area contributed by atoms with Crippen LogP contribution in [0.3, 0.4) is 0 Å². The number of nitrogens with two attached hydrogens (primary N) is 1. The van der Waals surface area contributed by atoms with E-state index in [1.165, 1.54) is 0 Å². The number of hydrogen-bond donors (Lipinski definition) is 1. The van der Waals surface area contributed by atoms with Crippen LogP contribution in [0.2, 0.25) is 0 Å². The Morgan fingerprint density at radius 3 is 2.59 bits per heavy atom. The molecular formula is C12H15N3O2. The molecule has 0 saturated heterocycles. The molecular weight excluding hydrogens is 218 g/mol. The maximum Gasteiger partial charge on any atom is 0.200 e. The molecule has 2 N–H and O–H groups in total. The number of anilines is 1. The van der Waals surface area contributed by atoms with Gasteiger partial charge in [0, 0.05) is 12.4 Å². The first kappa shape index (κ1) is 11.3. The predicted octanol–water partition coefficient (Wildman–Crippen LogP) is 1.53. The lowest BCUT2D eigenvalue weighted by atomic mass is 10.2. The summed E-state index contributed by atoms with van der Waals surface area (Å²) in [5.41, 5.74) is 6.79. The first-order valence-electron chi connectivity index (χ1n) is 5.22. The number of imidazole rings is 1. The lowest BCUT2D eigenvalue weighted by Gasteiger charge is -2.10. The van der Waals surface area contributed by atoms with Gasteiger partial charge in [-0.15, -0.1) is 0 Å². The Bertz CT molecular complexity index is 508. The van der Waals surface area contributed by atoms with Crippen LogP contribution >= 0.6 is 0 Å². The fourth-order valence-electron chi connectivity index (χ4n) is 1.65. The molecule has 0 atom stereocenters. The number of benzene rings is 1. The maximum absolute atomic E-state index is 5.71. The molecule has 0 radical (unpaired) electrons. The molecule has 2 aromatic rings. The van der Waals surface area contributed by atoms with Crippen LogP contribution in [0.15, 0.2) is 30.6 Å². The van der Waals surface area contributed by atoms with E-state index in [1.807, 2.05) is 29.0 Å². The molecule has 0 unspecified atom stereocenters. The molecule has 1 aromatic carbocycles. The summed E-state index contributed by atoms with van der Waals surface area (Å²) in [6.07, 6.45) is 3.52. The average molecular weight is 233 g/mol. The van der Waals surface area contributed by atoms with Crippen LogP contribution in [0.1, 0.15) is 5.56 Å². The SMILES string of the molecule is COc1ccc(Cn2ccnc2N)cc1OC. The van der Waals surface area contributed by atoms with Gasteiger partial charge in [0.2, 0.25) is 0 Å². The maximum atomic E-state index is 5.71. The fourth-order valence-corrected chi connectivity index (χ4v) is 1.65. The number of nitrogens with zero attached hydrogens (tertiary/aromatic N) is 2. The molecule has 1 aromatic heterocycles. The van der Waals surface area contributed by atoms with Gasteiger partial charge in [0.1, 0.15) is 0 Å². The van der Waals surface area contributed by atoms with Crippen molar-refractivity contribution in [2.24, 2.45) is 0 Å². The van der Waals surface area contributed by atoms with Gasteiger partial charge in [-0.05, 0) is 17.7 Å². The van der Waals surface area contributed by atoms with Crippen molar-refractivity contribution in [1.29, 1.82) is 0 Å². The molecule has 17 heavy (non-hydrogen) atoms. The second kappa shape index (κ2) is 4.78. The van der Waals surface area contributed by atoms with E-state index in [9.17, 15) is 0 Å². The molecule has 90 valence electrons. The van der Waals surface area contributed by atoms with Gasteiger partial charge in [-0.3, -0.25) is 0 Å². The Hall–Kier alpha value is -2.17. The number of ether oxygens (including phenoxy) is 2. The van der Waals surface area contributed by atoms with Crippen LogP contribution in [0.25, 0.3) is 0 Å². The highest BCUT2D eigenvalue weighted by Gasteiger charge is 2.05. The molecule has 0 bridgehead atoms. The van der Waals surface area contributed by atoms with E-state index in [-0.39, 0.29) is 0 Å². The molecule has 0 aliphatic heterocycles. The van der Waals surface area contributed by atoms with Crippen molar-refractivity contribution >= 4 is 5.95 Å². The van der Waals surface area contributed by atoms with E-state index < -0.39 is 0 Å². The first-order valence-corrected chi connectivity index (χ1v) is 5.22. The van der Waals surface area contributed by atoms with Crippen LogP contribution in [-0.2, 0) is 6.54 Å². The van der Waals surface area contributed by atoms with Gasteiger partial charge < -0.3 is 19.8 Å². The number of aromatic nitrogens is 2. The van der Waals surface area contributed by atoms with Crippen LogP contribution in [0.5, 0.6) is 11.5 Å². The molecule has 0 amide bonds. The summed E-state index contributed by atoms with van der Waals surface area (Å²) in [6.45, 7) is 0.659. The molecule has 0 spiro atoms. The topological polar surface area (TPSA) is 62.3 Å². The van der Waals surface area contributed by atoms with Crippen molar-refractivity contribution in [3.63, 3.8) is 0 Å². The summed E-state index contributed by atoms with van der Waals surface area (Å²) >= 11 is 0. The van der Waals surface area contributed by atoms with Crippen molar-refractivity contribution in [3.8, 4) is 11.5 Å². The summed E-state index contributed by atoms with van der Waals surface area (Å²) in [6, 6.07) is 5.78. The lowest BCUT2D eigenvalue weighted by Crippen LogP contribution is -2.04. The number of hydrogen-bond acceptors (Lipinski definition) is 4. The zero-order chi connectivity index (χ0) is 12.3. The predicted molar refractivity (Wildman–Crippen MR) is 65.3 cm³/mol.